The zero-order chi connectivity index (χ0) is 25.3. The molecule has 2 aromatic rings. The minimum atomic E-state index is -0.0954. The molecule has 2 aromatic carbocycles. The van der Waals surface area contributed by atoms with E-state index in [-0.39, 0.29) is 11.6 Å². The second kappa shape index (κ2) is 12.5. The third kappa shape index (κ3) is 5.70. The Bertz CT molecular complexity index is 1100. The first-order valence-corrected chi connectivity index (χ1v) is 13.4. The molecule has 2 aliphatic rings. The van der Waals surface area contributed by atoms with E-state index < -0.39 is 0 Å². The number of ether oxygens (including phenoxy) is 2. The molecule has 0 bridgehead atoms. The van der Waals surface area contributed by atoms with Crippen LogP contribution < -0.4 is 0 Å². The van der Waals surface area contributed by atoms with Crippen LogP contribution >= 0.6 is 0 Å². The quantitative estimate of drug-likeness (QED) is 0.287. The van der Waals surface area contributed by atoms with Crippen molar-refractivity contribution >= 4 is 22.7 Å². The molecule has 0 unspecified atom stereocenters. The van der Waals surface area contributed by atoms with Crippen molar-refractivity contribution in [2.45, 2.75) is 65.2 Å². The van der Waals surface area contributed by atoms with E-state index in [0.29, 0.717) is 35.9 Å². The number of carbonyl (C=O) groups excluding carboxylic acids is 2. The van der Waals surface area contributed by atoms with Gasteiger partial charge in [0, 0.05) is 11.1 Å². The molecule has 0 saturated carbocycles. The number of rotatable bonds is 12. The molecule has 0 aromatic heterocycles. The molecule has 4 nitrogen and oxygen atoms in total. The fraction of sp³-hybridized carbons (Fsp3) is 0.375. The Balaban J connectivity index is 1.74. The molecule has 0 spiro atoms. The van der Waals surface area contributed by atoms with Gasteiger partial charge in [0.2, 0.25) is 11.6 Å². The first kappa shape index (κ1) is 25.7. The fourth-order valence-electron chi connectivity index (χ4n) is 4.73. The number of Topliss-reactive ketones (excluding diaryl/α,β-unsaturated/α-hetero) is 2. The van der Waals surface area contributed by atoms with E-state index in [1.165, 1.54) is 0 Å². The summed E-state index contributed by atoms with van der Waals surface area (Å²) in [4.78, 5) is 26.5. The first-order chi connectivity index (χ1) is 17.7. The van der Waals surface area contributed by atoms with Gasteiger partial charge in [0.15, 0.2) is 11.5 Å². The van der Waals surface area contributed by atoms with Gasteiger partial charge in [0.1, 0.15) is 0 Å². The smallest absolute Gasteiger partial charge is 0.228 e. The highest BCUT2D eigenvalue weighted by molar-refractivity contribution is 6.22. The van der Waals surface area contributed by atoms with Gasteiger partial charge in [-0.1, -0.05) is 101 Å². The standard InChI is InChI=1S/C32H36O4/c1-3-5-7-13-19-35-29-21-27(23-15-9-11-17-25(23)31(29)33)28-22-30(36-20-14-8-6-4-2)32(34)26-18-12-10-16-24(26)28/h9-12,15-18,21-22H,3-8,13-14,19-20H2,1-2H3/b28-27-. The third-order valence-electron chi connectivity index (χ3n) is 6.72. The monoisotopic (exact) mass is 484 g/mol. The van der Waals surface area contributed by atoms with E-state index >= 15 is 0 Å². The molecule has 0 aliphatic heterocycles. The number of benzene rings is 2. The molecule has 0 radical (unpaired) electrons. The Hall–Kier alpha value is -3.40. The Morgan fingerprint density at radius 3 is 1.31 bits per heavy atom. The van der Waals surface area contributed by atoms with Crippen LogP contribution in [0.4, 0.5) is 0 Å². The number of hydrogen-bond acceptors (Lipinski definition) is 4. The summed E-state index contributed by atoms with van der Waals surface area (Å²) in [7, 11) is 0. The van der Waals surface area contributed by atoms with E-state index in [4.69, 9.17) is 9.47 Å². The van der Waals surface area contributed by atoms with Crippen molar-refractivity contribution < 1.29 is 19.1 Å². The molecule has 0 saturated heterocycles. The van der Waals surface area contributed by atoms with Gasteiger partial charge >= 0.3 is 0 Å². The number of fused-ring (bicyclic) bond motifs is 2. The lowest BCUT2D eigenvalue weighted by atomic mass is 9.82. The first-order valence-electron chi connectivity index (χ1n) is 13.4. The topological polar surface area (TPSA) is 52.6 Å². The van der Waals surface area contributed by atoms with E-state index in [9.17, 15) is 9.59 Å². The second-order valence-corrected chi connectivity index (χ2v) is 9.41. The Kier molecular flexibility index (Phi) is 8.94. The molecule has 0 N–H and O–H groups in total. The van der Waals surface area contributed by atoms with Crippen LogP contribution in [0, 0.1) is 0 Å². The van der Waals surface area contributed by atoms with E-state index in [1.54, 1.807) is 0 Å². The summed E-state index contributed by atoms with van der Waals surface area (Å²) in [5.41, 5.74) is 4.69. The number of hydrogen-bond donors (Lipinski definition) is 0. The number of ketones is 2. The highest BCUT2D eigenvalue weighted by Crippen LogP contribution is 2.40. The molecule has 0 fully saturated rings. The Morgan fingerprint density at radius 2 is 0.917 bits per heavy atom. The second-order valence-electron chi connectivity index (χ2n) is 9.41. The predicted octanol–water partition coefficient (Wildman–Crippen LogP) is 7.95. The van der Waals surface area contributed by atoms with Gasteiger partial charge in [-0.3, -0.25) is 9.59 Å². The fourth-order valence-corrected chi connectivity index (χ4v) is 4.73. The highest BCUT2D eigenvalue weighted by Gasteiger charge is 2.30. The summed E-state index contributed by atoms with van der Waals surface area (Å²) in [6.45, 7) is 5.37. The zero-order valence-electron chi connectivity index (χ0n) is 21.5. The van der Waals surface area contributed by atoms with E-state index in [0.717, 1.165) is 73.6 Å². The van der Waals surface area contributed by atoms with Gasteiger partial charge in [-0.25, -0.2) is 0 Å². The van der Waals surface area contributed by atoms with Crippen molar-refractivity contribution in [3.8, 4) is 0 Å². The Morgan fingerprint density at radius 1 is 0.528 bits per heavy atom. The van der Waals surface area contributed by atoms with E-state index in [1.807, 2.05) is 60.7 Å². The summed E-state index contributed by atoms with van der Waals surface area (Å²) in [6, 6.07) is 15.2. The van der Waals surface area contributed by atoms with Crippen LogP contribution in [-0.4, -0.2) is 24.8 Å². The lowest BCUT2D eigenvalue weighted by molar-refractivity contribution is 0.0905. The van der Waals surface area contributed by atoms with E-state index in [2.05, 4.69) is 13.8 Å². The van der Waals surface area contributed by atoms with Gasteiger partial charge in [-0.05, 0) is 47.3 Å². The maximum atomic E-state index is 13.2. The summed E-state index contributed by atoms with van der Waals surface area (Å²) in [5.74, 6) is 0.527. The lowest BCUT2D eigenvalue weighted by Crippen LogP contribution is -2.18. The van der Waals surface area contributed by atoms with Crippen LogP contribution in [0.1, 0.15) is 97.1 Å². The van der Waals surface area contributed by atoms with Crippen LogP contribution in [0.25, 0.3) is 11.1 Å². The van der Waals surface area contributed by atoms with Gasteiger partial charge in [-0.2, -0.15) is 0 Å². The van der Waals surface area contributed by atoms with Gasteiger partial charge in [-0.15, -0.1) is 0 Å². The minimum Gasteiger partial charge on any atom is -0.489 e. The van der Waals surface area contributed by atoms with Crippen molar-refractivity contribution in [3.05, 3.63) is 94.5 Å². The van der Waals surface area contributed by atoms with Gasteiger partial charge in [0.25, 0.3) is 0 Å². The molecule has 0 heterocycles. The maximum Gasteiger partial charge on any atom is 0.228 e. The summed E-state index contributed by atoms with van der Waals surface area (Å²) in [5, 5.41) is 0. The average molecular weight is 485 g/mol. The molecule has 4 rings (SSSR count). The molecule has 0 atom stereocenters. The highest BCUT2D eigenvalue weighted by atomic mass is 16.5. The van der Waals surface area contributed by atoms with Crippen molar-refractivity contribution in [2.24, 2.45) is 0 Å². The molecule has 36 heavy (non-hydrogen) atoms. The van der Waals surface area contributed by atoms with Crippen LogP contribution in [0.3, 0.4) is 0 Å². The Labute approximate surface area is 214 Å². The molecule has 188 valence electrons. The number of unbranched alkanes of at least 4 members (excludes halogenated alkanes) is 6. The molecular formula is C32H36O4. The lowest BCUT2D eigenvalue weighted by Gasteiger charge is -2.24. The summed E-state index contributed by atoms with van der Waals surface area (Å²) in [6.07, 6.45) is 12.3. The van der Waals surface area contributed by atoms with Crippen LogP contribution in [-0.2, 0) is 9.47 Å². The minimum absolute atomic E-state index is 0.0954. The molecule has 2 aliphatic carbocycles. The maximum absolute atomic E-state index is 13.2. The van der Waals surface area contributed by atoms with Crippen molar-refractivity contribution in [2.75, 3.05) is 13.2 Å². The average Bonchev–Trinajstić information content (AvgIpc) is 2.91. The third-order valence-corrected chi connectivity index (χ3v) is 6.72. The van der Waals surface area contributed by atoms with Crippen molar-refractivity contribution in [1.82, 2.24) is 0 Å². The predicted molar refractivity (Wildman–Crippen MR) is 145 cm³/mol. The SMILES string of the molecule is CCCCCCOC1=C/C(=C2\C=C(OCCCCCC)C(=O)c3ccccc32)c2ccccc2C1=O. The van der Waals surface area contributed by atoms with Crippen molar-refractivity contribution in [1.29, 1.82) is 0 Å². The summed E-state index contributed by atoms with van der Waals surface area (Å²) < 4.78 is 12.0. The molecule has 4 heteroatoms. The molecular weight excluding hydrogens is 448 g/mol. The summed E-state index contributed by atoms with van der Waals surface area (Å²) >= 11 is 0. The van der Waals surface area contributed by atoms with Gasteiger partial charge < -0.3 is 9.47 Å². The molecule has 0 amide bonds. The van der Waals surface area contributed by atoms with Crippen LogP contribution in [0.5, 0.6) is 0 Å². The number of allylic oxidation sites excluding steroid dienone is 6. The zero-order valence-corrected chi connectivity index (χ0v) is 21.5. The largest absolute Gasteiger partial charge is 0.489 e. The number of carbonyl (C=O) groups is 2. The van der Waals surface area contributed by atoms with Crippen molar-refractivity contribution in [3.63, 3.8) is 0 Å². The van der Waals surface area contributed by atoms with Gasteiger partial charge in [0.05, 0.1) is 13.2 Å². The normalized spacial score (nSPS) is 16.7. The van der Waals surface area contributed by atoms with Crippen LogP contribution in [0.2, 0.25) is 0 Å². The van der Waals surface area contributed by atoms with Crippen LogP contribution in [0.15, 0.2) is 72.2 Å².